The average Bonchev–Trinajstić information content (AvgIpc) is 2.30. The second-order valence-electron chi connectivity index (χ2n) is 4.99. The SMILES string of the molecule is Cc1nc(SC2CCCCC2)ccc1C(C)N. The lowest BCUT2D eigenvalue weighted by Gasteiger charge is -2.21. The van der Waals surface area contributed by atoms with Crippen LogP contribution in [0, 0.1) is 6.92 Å². The van der Waals surface area contributed by atoms with Gasteiger partial charge in [-0.25, -0.2) is 4.98 Å². The number of pyridine rings is 1. The average molecular weight is 250 g/mol. The molecule has 0 aliphatic heterocycles. The van der Waals surface area contributed by atoms with Crippen molar-refractivity contribution in [2.45, 2.75) is 62.3 Å². The molecule has 0 radical (unpaired) electrons. The summed E-state index contributed by atoms with van der Waals surface area (Å²) in [6.07, 6.45) is 6.87. The van der Waals surface area contributed by atoms with Crippen LogP contribution in [0.2, 0.25) is 0 Å². The van der Waals surface area contributed by atoms with E-state index in [1.165, 1.54) is 37.1 Å². The number of hydrogen-bond donors (Lipinski definition) is 1. The third-order valence-electron chi connectivity index (χ3n) is 3.43. The van der Waals surface area contributed by atoms with E-state index in [9.17, 15) is 0 Å². The van der Waals surface area contributed by atoms with E-state index < -0.39 is 0 Å². The van der Waals surface area contributed by atoms with Gasteiger partial charge in [-0.1, -0.05) is 25.3 Å². The maximum absolute atomic E-state index is 5.90. The fraction of sp³-hybridized carbons (Fsp3) is 0.643. The number of nitrogens with zero attached hydrogens (tertiary/aromatic N) is 1. The van der Waals surface area contributed by atoms with Crippen molar-refractivity contribution >= 4 is 11.8 Å². The Balaban J connectivity index is 2.04. The van der Waals surface area contributed by atoms with Crippen LogP contribution in [-0.2, 0) is 0 Å². The van der Waals surface area contributed by atoms with Crippen LogP contribution in [0.1, 0.15) is 56.3 Å². The summed E-state index contributed by atoms with van der Waals surface area (Å²) in [5.41, 5.74) is 8.15. The minimum atomic E-state index is 0.0798. The fourth-order valence-corrected chi connectivity index (χ4v) is 3.70. The van der Waals surface area contributed by atoms with E-state index >= 15 is 0 Å². The summed E-state index contributed by atoms with van der Waals surface area (Å²) < 4.78 is 0. The van der Waals surface area contributed by atoms with Crippen LogP contribution >= 0.6 is 11.8 Å². The molecule has 2 rings (SSSR count). The van der Waals surface area contributed by atoms with Gasteiger partial charge < -0.3 is 5.73 Å². The van der Waals surface area contributed by atoms with Gasteiger partial charge in [0.2, 0.25) is 0 Å². The number of rotatable bonds is 3. The van der Waals surface area contributed by atoms with Gasteiger partial charge in [-0.05, 0) is 38.3 Å². The number of hydrogen-bond acceptors (Lipinski definition) is 3. The monoisotopic (exact) mass is 250 g/mol. The van der Waals surface area contributed by atoms with Crippen LogP contribution in [0.4, 0.5) is 0 Å². The zero-order chi connectivity index (χ0) is 12.3. The minimum absolute atomic E-state index is 0.0798. The largest absolute Gasteiger partial charge is 0.324 e. The molecule has 2 N–H and O–H groups in total. The highest BCUT2D eigenvalue weighted by atomic mass is 32.2. The molecule has 1 heterocycles. The van der Waals surface area contributed by atoms with E-state index in [1.54, 1.807) is 0 Å². The van der Waals surface area contributed by atoms with Crippen LogP contribution in [-0.4, -0.2) is 10.2 Å². The van der Waals surface area contributed by atoms with Gasteiger partial charge >= 0.3 is 0 Å². The highest BCUT2D eigenvalue weighted by molar-refractivity contribution is 7.99. The molecule has 1 aliphatic rings. The van der Waals surface area contributed by atoms with Gasteiger partial charge in [-0.3, -0.25) is 0 Å². The molecule has 1 aliphatic carbocycles. The number of nitrogens with two attached hydrogens (primary N) is 1. The molecular weight excluding hydrogens is 228 g/mol. The quantitative estimate of drug-likeness (QED) is 0.886. The van der Waals surface area contributed by atoms with Crippen molar-refractivity contribution in [2.75, 3.05) is 0 Å². The molecule has 1 aromatic rings. The minimum Gasteiger partial charge on any atom is -0.324 e. The van der Waals surface area contributed by atoms with E-state index in [4.69, 9.17) is 5.73 Å². The van der Waals surface area contributed by atoms with Crippen molar-refractivity contribution in [2.24, 2.45) is 5.73 Å². The van der Waals surface area contributed by atoms with Crippen LogP contribution in [0.5, 0.6) is 0 Å². The zero-order valence-electron chi connectivity index (χ0n) is 10.8. The highest BCUT2D eigenvalue weighted by Crippen LogP contribution is 2.33. The first kappa shape index (κ1) is 12.9. The Kier molecular flexibility index (Phi) is 4.46. The number of aromatic nitrogens is 1. The van der Waals surface area contributed by atoms with Gasteiger partial charge in [0.25, 0.3) is 0 Å². The molecule has 1 unspecified atom stereocenters. The van der Waals surface area contributed by atoms with Crippen LogP contribution in [0.3, 0.4) is 0 Å². The van der Waals surface area contributed by atoms with Crippen molar-refractivity contribution < 1.29 is 0 Å². The lowest BCUT2D eigenvalue weighted by Crippen LogP contribution is -2.10. The smallest absolute Gasteiger partial charge is 0.0965 e. The van der Waals surface area contributed by atoms with E-state index in [0.717, 1.165) is 16.5 Å². The van der Waals surface area contributed by atoms with Gasteiger partial charge in [0.15, 0.2) is 0 Å². The second-order valence-corrected chi connectivity index (χ2v) is 6.31. The van der Waals surface area contributed by atoms with Gasteiger partial charge in [-0.15, -0.1) is 11.8 Å². The Bertz CT molecular complexity index is 370. The van der Waals surface area contributed by atoms with Gasteiger partial charge in [0.1, 0.15) is 0 Å². The van der Waals surface area contributed by atoms with Crippen LogP contribution in [0.25, 0.3) is 0 Å². The molecule has 3 heteroatoms. The van der Waals surface area contributed by atoms with Gasteiger partial charge in [0, 0.05) is 17.0 Å². The molecule has 1 fully saturated rings. The van der Waals surface area contributed by atoms with E-state index in [2.05, 4.69) is 24.0 Å². The van der Waals surface area contributed by atoms with E-state index in [0.29, 0.717) is 0 Å². The molecule has 0 aromatic carbocycles. The first-order valence-electron chi connectivity index (χ1n) is 6.56. The lowest BCUT2D eigenvalue weighted by molar-refractivity contribution is 0.515. The van der Waals surface area contributed by atoms with E-state index in [-0.39, 0.29) is 6.04 Å². The van der Waals surface area contributed by atoms with Crippen LogP contribution in [0.15, 0.2) is 17.2 Å². The molecule has 2 nitrogen and oxygen atoms in total. The summed E-state index contributed by atoms with van der Waals surface area (Å²) in [5.74, 6) is 0. The molecule has 1 atom stereocenters. The Morgan fingerprint density at radius 3 is 2.59 bits per heavy atom. The molecular formula is C14H22N2S. The topological polar surface area (TPSA) is 38.9 Å². The van der Waals surface area contributed by atoms with E-state index in [1.807, 2.05) is 18.7 Å². The maximum atomic E-state index is 5.90. The number of aryl methyl sites for hydroxylation is 1. The predicted octanol–water partition coefficient (Wildman–Crippen LogP) is 3.83. The lowest BCUT2D eigenvalue weighted by atomic mass is 10.0. The standard InChI is InChI=1S/C14H22N2S/c1-10(15)13-8-9-14(16-11(13)2)17-12-6-4-3-5-7-12/h8-10,12H,3-7,15H2,1-2H3. The third kappa shape index (κ3) is 3.46. The second kappa shape index (κ2) is 5.87. The summed E-state index contributed by atoms with van der Waals surface area (Å²) in [4.78, 5) is 4.67. The van der Waals surface area contributed by atoms with Crippen LogP contribution < -0.4 is 5.73 Å². The summed E-state index contributed by atoms with van der Waals surface area (Å²) in [6.45, 7) is 4.07. The molecule has 1 saturated carbocycles. The Morgan fingerprint density at radius 1 is 1.29 bits per heavy atom. The molecule has 17 heavy (non-hydrogen) atoms. The zero-order valence-corrected chi connectivity index (χ0v) is 11.6. The summed E-state index contributed by atoms with van der Waals surface area (Å²) in [6, 6.07) is 4.35. The molecule has 94 valence electrons. The molecule has 0 spiro atoms. The van der Waals surface area contributed by atoms with Crippen molar-refractivity contribution in [3.63, 3.8) is 0 Å². The van der Waals surface area contributed by atoms with Gasteiger partial charge in [0.05, 0.1) is 5.03 Å². The Morgan fingerprint density at radius 2 is 2.00 bits per heavy atom. The Labute approximate surface area is 108 Å². The first-order chi connectivity index (χ1) is 8.16. The maximum Gasteiger partial charge on any atom is 0.0965 e. The summed E-state index contributed by atoms with van der Waals surface area (Å²) in [7, 11) is 0. The first-order valence-corrected chi connectivity index (χ1v) is 7.44. The highest BCUT2D eigenvalue weighted by Gasteiger charge is 2.15. The van der Waals surface area contributed by atoms with Gasteiger partial charge in [-0.2, -0.15) is 0 Å². The molecule has 0 amide bonds. The van der Waals surface area contributed by atoms with Crippen molar-refractivity contribution in [3.8, 4) is 0 Å². The third-order valence-corrected chi connectivity index (χ3v) is 4.70. The van der Waals surface area contributed by atoms with Crippen molar-refractivity contribution in [1.82, 2.24) is 4.98 Å². The molecule has 0 saturated heterocycles. The molecule has 0 bridgehead atoms. The summed E-state index contributed by atoms with van der Waals surface area (Å²) in [5, 5.41) is 1.94. The van der Waals surface area contributed by atoms with Crippen molar-refractivity contribution in [1.29, 1.82) is 0 Å². The molecule has 1 aromatic heterocycles. The van der Waals surface area contributed by atoms with Crippen molar-refractivity contribution in [3.05, 3.63) is 23.4 Å². The Hall–Kier alpha value is -0.540. The fourth-order valence-electron chi connectivity index (χ4n) is 2.45. The predicted molar refractivity (Wildman–Crippen MR) is 74.3 cm³/mol. The number of thioether (sulfide) groups is 1. The normalized spacial score (nSPS) is 19.2. The summed E-state index contributed by atoms with van der Waals surface area (Å²) >= 11 is 1.95.